The van der Waals surface area contributed by atoms with Crippen molar-refractivity contribution in [2.75, 3.05) is 0 Å². The highest BCUT2D eigenvalue weighted by Crippen LogP contribution is 2.15. The van der Waals surface area contributed by atoms with E-state index in [1.165, 1.54) is 11.1 Å². The molecule has 104 valence electrons. The minimum absolute atomic E-state index is 0.0846. The molecule has 0 atom stereocenters. The lowest BCUT2D eigenvalue weighted by Gasteiger charge is -2.07. The number of carbonyl (C=O) groups is 1. The van der Waals surface area contributed by atoms with Crippen molar-refractivity contribution in [3.05, 3.63) is 69.7 Å². The fourth-order valence-corrected chi connectivity index (χ4v) is 2.36. The Morgan fingerprint density at radius 1 is 1.10 bits per heavy atom. The highest BCUT2D eigenvalue weighted by atomic mass is 79.9. The van der Waals surface area contributed by atoms with Gasteiger partial charge in [0.05, 0.1) is 0 Å². The molecule has 0 saturated heterocycles. The van der Waals surface area contributed by atoms with Crippen molar-refractivity contribution < 1.29 is 4.79 Å². The normalized spacial score (nSPS) is 10.3. The minimum atomic E-state index is 0.0846. The third kappa shape index (κ3) is 4.49. The first-order valence-electron chi connectivity index (χ1n) is 6.71. The number of carbonyl (C=O) groups excluding carboxylic acids is 1. The van der Waals surface area contributed by atoms with Crippen LogP contribution in [0.5, 0.6) is 0 Å². The molecule has 0 bridgehead atoms. The average molecular weight is 332 g/mol. The molecule has 2 aromatic rings. The van der Waals surface area contributed by atoms with Crippen molar-refractivity contribution in [3.8, 4) is 0 Å². The molecule has 0 spiro atoms. The average Bonchev–Trinajstić information content (AvgIpc) is 2.46. The number of hydrogen-bond donors (Lipinski definition) is 1. The minimum Gasteiger partial charge on any atom is -0.352 e. The lowest BCUT2D eigenvalue weighted by molar-refractivity contribution is -0.121. The highest BCUT2D eigenvalue weighted by molar-refractivity contribution is 9.10. The van der Waals surface area contributed by atoms with E-state index in [2.05, 4.69) is 52.4 Å². The van der Waals surface area contributed by atoms with Crippen LogP contribution in [0.1, 0.15) is 23.1 Å². The monoisotopic (exact) mass is 331 g/mol. The molecular weight excluding hydrogens is 314 g/mol. The summed E-state index contributed by atoms with van der Waals surface area (Å²) < 4.78 is 1.03. The molecule has 0 unspecified atom stereocenters. The quantitative estimate of drug-likeness (QED) is 0.881. The first-order chi connectivity index (χ1) is 9.65. The van der Waals surface area contributed by atoms with Gasteiger partial charge in [0.2, 0.25) is 5.91 Å². The van der Waals surface area contributed by atoms with Gasteiger partial charge in [-0.1, -0.05) is 64.0 Å². The van der Waals surface area contributed by atoms with Crippen LogP contribution in [0.3, 0.4) is 0 Å². The van der Waals surface area contributed by atoms with Gasteiger partial charge in [-0.25, -0.2) is 0 Å². The van der Waals surface area contributed by atoms with Gasteiger partial charge in [0.15, 0.2) is 0 Å². The molecule has 2 rings (SSSR count). The number of amides is 1. The number of halogens is 1. The summed E-state index contributed by atoms with van der Waals surface area (Å²) in [6.07, 6.45) is 1.30. The van der Waals surface area contributed by atoms with E-state index < -0.39 is 0 Å². The maximum atomic E-state index is 11.8. The van der Waals surface area contributed by atoms with E-state index in [0.717, 1.165) is 16.5 Å². The molecule has 20 heavy (non-hydrogen) atoms. The Bertz CT molecular complexity index is 578. The Labute approximate surface area is 128 Å². The van der Waals surface area contributed by atoms with E-state index in [0.29, 0.717) is 13.0 Å². The van der Waals surface area contributed by atoms with Crippen LogP contribution in [0.15, 0.2) is 53.0 Å². The smallest absolute Gasteiger partial charge is 0.220 e. The van der Waals surface area contributed by atoms with Crippen molar-refractivity contribution in [2.24, 2.45) is 0 Å². The van der Waals surface area contributed by atoms with Gasteiger partial charge < -0.3 is 5.32 Å². The first kappa shape index (κ1) is 14.8. The van der Waals surface area contributed by atoms with Crippen molar-refractivity contribution in [2.45, 2.75) is 26.3 Å². The van der Waals surface area contributed by atoms with Gasteiger partial charge in [-0.3, -0.25) is 4.79 Å². The van der Waals surface area contributed by atoms with Crippen LogP contribution in [0.2, 0.25) is 0 Å². The van der Waals surface area contributed by atoms with Crippen LogP contribution in [-0.2, 0) is 17.8 Å². The molecule has 0 heterocycles. The van der Waals surface area contributed by atoms with E-state index >= 15 is 0 Å². The largest absolute Gasteiger partial charge is 0.352 e. The number of hydrogen-bond acceptors (Lipinski definition) is 1. The Morgan fingerprint density at radius 2 is 1.80 bits per heavy atom. The topological polar surface area (TPSA) is 29.1 Å². The Morgan fingerprint density at radius 3 is 2.50 bits per heavy atom. The maximum absolute atomic E-state index is 11.8. The van der Waals surface area contributed by atoms with Gasteiger partial charge in [0, 0.05) is 17.4 Å². The molecule has 3 heteroatoms. The summed E-state index contributed by atoms with van der Waals surface area (Å²) in [5.41, 5.74) is 3.54. The zero-order valence-corrected chi connectivity index (χ0v) is 13.1. The van der Waals surface area contributed by atoms with Gasteiger partial charge in [-0.15, -0.1) is 0 Å². The Hall–Kier alpha value is -1.61. The Balaban J connectivity index is 1.78. The predicted octanol–water partition coefficient (Wildman–Crippen LogP) is 4.01. The standard InChI is InChI=1S/C17H18BrNO/c1-13-6-8-14(9-7-13)10-11-17(20)19-12-15-4-2-3-5-16(15)18/h2-9H,10-12H2,1H3,(H,19,20). The molecule has 2 aromatic carbocycles. The number of aryl methyl sites for hydroxylation is 2. The molecular formula is C17H18BrNO. The molecule has 1 N–H and O–H groups in total. The fraction of sp³-hybridized carbons (Fsp3) is 0.235. The van der Waals surface area contributed by atoms with Crippen LogP contribution >= 0.6 is 15.9 Å². The number of rotatable bonds is 5. The molecule has 0 radical (unpaired) electrons. The van der Waals surface area contributed by atoms with Crippen LogP contribution in [0.25, 0.3) is 0 Å². The molecule has 2 nitrogen and oxygen atoms in total. The zero-order valence-electron chi connectivity index (χ0n) is 11.5. The second-order valence-electron chi connectivity index (χ2n) is 4.85. The van der Waals surface area contributed by atoms with Crippen LogP contribution in [-0.4, -0.2) is 5.91 Å². The lowest BCUT2D eigenvalue weighted by atomic mass is 10.1. The molecule has 0 aliphatic carbocycles. The van der Waals surface area contributed by atoms with Gasteiger partial charge in [-0.2, -0.15) is 0 Å². The third-order valence-electron chi connectivity index (χ3n) is 3.20. The molecule has 0 aliphatic rings. The van der Waals surface area contributed by atoms with Gasteiger partial charge in [0.1, 0.15) is 0 Å². The van der Waals surface area contributed by atoms with Gasteiger partial charge in [-0.05, 0) is 30.5 Å². The SMILES string of the molecule is Cc1ccc(CCC(=O)NCc2ccccc2Br)cc1. The Kier molecular flexibility index (Phi) is 5.36. The van der Waals surface area contributed by atoms with Crippen molar-refractivity contribution >= 4 is 21.8 Å². The summed E-state index contributed by atoms with van der Waals surface area (Å²) in [5.74, 6) is 0.0846. The third-order valence-corrected chi connectivity index (χ3v) is 3.97. The summed E-state index contributed by atoms with van der Waals surface area (Å²) in [6, 6.07) is 16.2. The van der Waals surface area contributed by atoms with Crippen LogP contribution in [0, 0.1) is 6.92 Å². The summed E-state index contributed by atoms with van der Waals surface area (Å²) in [5, 5.41) is 2.95. The molecule has 0 aromatic heterocycles. The van der Waals surface area contributed by atoms with Gasteiger partial charge in [0.25, 0.3) is 0 Å². The molecule has 0 fully saturated rings. The lowest BCUT2D eigenvalue weighted by Crippen LogP contribution is -2.23. The van der Waals surface area contributed by atoms with Gasteiger partial charge >= 0.3 is 0 Å². The molecule has 0 saturated carbocycles. The number of nitrogens with one attached hydrogen (secondary N) is 1. The molecule has 0 aliphatic heterocycles. The summed E-state index contributed by atoms with van der Waals surface area (Å²) in [7, 11) is 0. The predicted molar refractivity (Wildman–Crippen MR) is 85.5 cm³/mol. The number of benzene rings is 2. The van der Waals surface area contributed by atoms with Crippen molar-refractivity contribution in [1.29, 1.82) is 0 Å². The van der Waals surface area contributed by atoms with E-state index in [1.54, 1.807) is 0 Å². The van der Waals surface area contributed by atoms with E-state index in [9.17, 15) is 4.79 Å². The zero-order chi connectivity index (χ0) is 14.4. The second kappa shape index (κ2) is 7.25. The summed E-state index contributed by atoms with van der Waals surface area (Å²) in [6.45, 7) is 2.63. The summed E-state index contributed by atoms with van der Waals surface area (Å²) >= 11 is 3.48. The van der Waals surface area contributed by atoms with Crippen LogP contribution in [0.4, 0.5) is 0 Å². The van der Waals surface area contributed by atoms with E-state index in [4.69, 9.17) is 0 Å². The fourth-order valence-electron chi connectivity index (χ4n) is 1.94. The second-order valence-corrected chi connectivity index (χ2v) is 5.71. The summed E-state index contributed by atoms with van der Waals surface area (Å²) in [4.78, 5) is 11.8. The van der Waals surface area contributed by atoms with E-state index in [1.807, 2.05) is 24.3 Å². The van der Waals surface area contributed by atoms with E-state index in [-0.39, 0.29) is 5.91 Å². The first-order valence-corrected chi connectivity index (χ1v) is 7.50. The van der Waals surface area contributed by atoms with Crippen molar-refractivity contribution in [1.82, 2.24) is 5.32 Å². The molecule has 1 amide bonds. The van der Waals surface area contributed by atoms with Crippen molar-refractivity contribution in [3.63, 3.8) is 0 Å². The maximum Gasteiger partial charge on any atom is 0.220 e. The van der Waals surface area contributed by atoms with Crippen LogP contribution < -0.4 is 5.32 Å². The highest BCUT2D eigenvalue weighted by Gasteiger charge is 2.04.